The number of fused-ring (bicyclic) bond motifs is 1. The molecule has 1 aromatic carbocycles. The molecule has 1 N–H and O–H groups in total. The third-order valence-electron chi connectivity index (χ3n) is 5.50. The minimum atomic E-state index is -0.462. The molecular formula is C22H27N5O5S. The maximum Gasteiger partial charge on any atom is 0.367 e. The summed E-state index contributed by atoms with van der Waals surface area (Å²) in [6.07, 6.45) is 6.09. The number of rotatable bonds is 8. The van der Waals surface area contributed by atoms with E-state index in [0.717, 1.165) is 9.71 Å². The number of ether oxygens (including phenoxy) is 3. The second kappa shape index (κ2) is 10.2. The van der Waals surface area contributed by atoms with Gasteiger partial charge in [0.05, 0.1) is 21.3 Å². The topological polar surface area (TPSA) is 109 Å². The molecule has 11 heteroatoms. The molecule has 1 aliphatic carbocycles. The fourth-order valence-electron chi connectivity index (χ4n) is 3.90. The largest absolute Gasteiger partial charge is 0.493 e. The number of nitrogens with zero attached hydrogens (tertiary/aromatic N) is 4. The second-order valence-corrected chi connectivity index (χ2v) is 9.04. The lowest BCUT2D eigenvalue weighted by Crippen LogP contribution is -2.29. The summed E-state index contributed by atoms with van der Waals surface area (Å²) in [5, 5.41) is 12.7. The highest BCUT2D eigenvalue weighted by Gasteiger charge is 2.18. The number of carbonyl (C=O) groups is 1. The fraction of sp³-hybridized carbons (Fsp3) is 0.455. The molecule has 176 valence electrons. The molecule has 33 heavy (non-hydrogen) atoms. The number of methoxy groups -OCH3 is 3. The van der Waals surface area contributed by atoms with Crippen molar-refractivity contribution in [3.63, 3.8) is 0 Å². The number of carbonyl (C=O) groups excluding carboxylic acids is 1. The molecule has 0 aliphatic heterocycles. The van der Waals surface area contributed by atoms with Crippen molar-refractivity contribution < 1.29 is 19.0 Å². The van der Waals surface area contributed by atoms with Gasteiger partial charge in [0.25, 0.3) is 0 Å². The normalized spacial score (nSPS) is 14.3. The SMILES string of the molecule is COc1cc(NC(=O)Cn2nc3ccc(SC4CCCCC4)nn3c2=O)cc(OC)c1OC. The molecule has 2 aromatic heterocycles. The zero-order chi connectivity index (χ0) is 23.4. The van der Waals surface area contributed by atoms with E-state index in [9.17, 15) is 9.59 Å². The highest BCUT2D eigenvalue weighted by atomic mass is 32.2. The lowest BCUT2D eigenvalue weighted by atomic mass is 10.0. The van der Waals surface area contributed by atoms with Gasteiger partial charge in [-0.2, -0.15) is 9.61 Å². The summed E-state index contributed by atoms with van der Waals surface area (Å²) in [5.74, 6) is 0.808. The Labute approximate surface area is 195 Å². The average molecular weight is 474 g/mol. The van der Waals surface area contributed by atoms with Crippen LogP contribution in [0.5, 0.6) is 17.2 Å². The maximum absolute atomic E-state index is 12.8. The van der Waals surface area contributed by atoms with E-state index < -0.39 is 11.6 Å². The van der Waals surface area contributed by atoms with Gasteiger partial charge in [-0.05, 0) is 25.0 Å². The van der Waals surface area contributed by atoms with E-state index in [1.807, 2.05) is 6.07 Å². The minimum Gasteiger partial charge on any atom is -0.493 e. The summed E-state index contributed by atoms with van der Waals surface area (Å²) in [6, 6.07) is 6.86. The molecule has 10 nitrogen and oxygen atoms in total. The number of amides is 1. The molecule has 4 rings (SSSR count). The number of hydrogen-bond donors (Lipinski definition) is 1. The summed E-state index contributed by atoms with van der Waals surface area (Å²) in [6.45, 7) is -0.260. The number of thioether (sulfide) groups is 1. The Morgan fingerprint density at radius 2 is 1.76 bits per heavy atom. The monoisotopic (exact) mass is 473 g/mol. The third-order valence-corrected chi connectivity index (χ3v) is 6.76. The van der Waals surface area contributed by atoms with Crippen LogP contribution in [0.4, 0.5) is 5.69 Å². The standard InChI is InChI=1S/C22H27N5O5S/c1-30-16-11-14(12-17(31-2)21(16)32-3)23-19(28)13-26-22(29)27-18(24-26)9-10-20(25-27)33-15-7-5-4-6-8-15/h9-12,15H,4-8,13H2,1-3H3,(H,23,28). The summed E-state index contributed by atoms with van der Waals surface area (Å²) in [5.41, 5.74) is 0.375. The van der Waals surface area contributed by atoms with Crippen molar-refractivity contribution >= 4 is 29.0 Å². The Hall–Kier alpha value is -3.21. The number of benzene rings is 1. The van der Waals surface area contributed by atoms with Gasteiger partial charge in [0.2, 0.25) is 11.7 Å². The van der Waals surface area contributed by atoms with Crippen molar-refractivity contribution in [3.8, 4) is 17.2 Å². The first kappa shape index (κ1) is 23.0. The lowest BCUT2D eigenvalue weighted by molar-refractivity contribution is -0.117. The Morgan fingerprint density at radius 3 is 2.39 bits per heavy atom. The van der Waals surface area contributed by atoms with Crippen LogP contribution in [0.15, 0.2) is 34.1 Å². The number of aromatic nitrogens is 4. The molecule has 0 atom stereocenters. The molecule has 0 saturated heterocycles. The van der Waals surface area contributed by atoms with E-state index in [1.165, 1.54) is 57.9 Å². The van der Waals surface area contributed by atoms with Gasteiger partial charge >= 0.3 is 5.69 Å². The van der Waals surface area contributed by atoms with Crippen LogP contribution in [-0.4, -0.2) is 51.9 Å². The van der Waals surface area contributed by atoms with Gasteiger partial charge < -0.3 is 19.5 Å². The molecule has 2 heterocycles. The molecule has 3 aromatic rings. The van der Waals surface area contributed by atoms with Crippen LogP contribution in [-0.2, 0) is 11.3 Å². The summed E-state index contributed by atoms with van der Waals surface area (Å²) >= 11 is 1.70. The van der Waals surface area contributed by atoms with Gasteiger partial charge in [-0.1, -0.05) is 19.3 Å². The van der Waals surface area contributed by atoms with E-state index in [-0.39, 0.29) is 6.54 Å². The molecule has 1 fully saturated rings. The first-order valence-electron chi connectivity index (χ1n) is 10.8. The smallest absolute Gasteiger partial charge is 0.367 e. The number of hydrogen-bond acceptors (Lipinski definition) is 8. The third kappa shape index (κ3) is 5.08. The second-order valence-electron chi connectivity index (χ2n) is 7.72. The van der Waals surface area contributed by atoms with Crippen LogP contribution < -0.4 is 25.2 Å². The molecule has 1 aliphatic rings. The van der Waals surface area contributed by atoms with Crippen molar-refractivity contribution in [2.45, 2.75) is 48.9 Å². The van der Waals surface area contributed by atoms with E-state index in [0.29, 0.717) is 33.8 Å². The van der Waals surface area contributed by atoms with Gasteiger partial charge in [0.1, 0.15) is 11.6 Å². The lowest BCUT2D eigenvalue weighted by Gasteiger charge is -2.20. The van der Waals surface area contributed by atoms with Gasteiger partial charge in [0, 0.05) is 23.1 Å². The molecule has 0 radical (unpaired) electrons. The first-order valence-corrected chi connectivity index (χ1v) is 11.6. The molecule has 0 unspecified atom stereocenters. The van der Waals surface area contributed by atoms with Gasteiger partial charge in [0.15, 0.2) is 17.1 Å². The van der Waals surface area contributed by atoms with Crippen LogP contribution in [0.3, 0.4) is 0 Å². The Bertz CT molecular complexity index is 1180. The summed E-state index contributed by atoms with van der Waals surface area (Å²) < 4.78 is 18.3. The van der Waals surface area contributed by atoms with E-state index in [2.05, 4.69) is 15.5 Å². The zero-order valence-corrected chi connectivity index (χ0v) is 19.7. The first-order chi connectivity index (χ1) is 16.0. The maximum atomic E-state index is 12.8. The van der Waals surface area contributed by atoms with Crippen molar-refractivity contribution in [1.82, 2.24) is 19.4 Å². The molecular weight excluding hydrogens is 446 g/mol. The highest BCUT2D eigenvalue weighted by molar-refractivity contribution is 7.99. The number of nitrogens with one attached hydrogen (secondary N) is 1. The van der Waals surface area contributed by atoms with Gasteiger partial charge in [-0.15, -0.1) is 16.9 Å². The predicted octanol–water partition coefficient (Wildman–Crippen LogP) is 2.98. The van der Waals surface area contributed by atoms with Crippen molar-refractivity contribution in [2.24, 2.45) is 0 Å². The average Bonchev–Trinajstić information content (AvgIpc) is 3.13. The van der Waals surface area contributed by atoms with Crippen LogP contribution >= 0.6 is 11.8 Å². The number of anilines is 1. The quantitative estimate of drug-likeness (QED) is 0.532. The van der Waals surface area contributed by atoms with Crippen LogP contribution in [0, 0.1) is 0 Å². The highest BCUT2D eigenvalue weighted by Crippen LogP contribution is 2.40. The van der Waals surface area contributed by atoms with E-state index in [4.69, 9.17) is 14.2 Å². The molecule has 0 spiro atoms. The molecule has 0 bridgehead atoms. The van der Waals surface area contributed by atoms with Crippen molar-refractivity contribution in [1.29, 1.82) is 0 Å². The van der Waals surface area contributed by atoms with Gasteiger partial charge in [-0.25, -0.2) is 9.48 Å². The Balaban J connectivity index is 1.50. The van der Waals surface area contributed by atoms with E-state index in [1.54, 1.807) is 30.0 Å². The summed E-state index contributed by atoms with van der Waals surface area (Å²) in [7, 11) is 4.49. The predicted molar refractivity (Wildman–Crippen MR) is 125 cm³/mol. The van der Waals surface area contributed by atoms with Crippen LogP contribution in [0.1, 0.15) is 32.1 Å². The molecule has 1 saturated carbocycles. The van der Waals surface area contributed by atoms with Crippen molar-refractivity contribution in [3.05, 3.63) is 34.7 Å². The zero-order valence-electron chi connectivity index (χ0n) is 18.9. The van der Waals surface area contributed by atoms with Crippen LogP contribution in [0.25, 0.3) is 5.65 Å². The van der Waals surface area contributed by atoms with Gasteiger partial charge in [-0.3, -0.25) is 4.79 Å². The minimum absolute atomic E-state index is 0.260. The van der Waals surface area contributed by atoms with E-state index >= 15 is 0 Å². The van der Waals surface area contributed by atoms with Crippen molar-refractivity contribution in [2.75, 3.05) is 26.6 Å². The molecule has 1 amide bonds. The fourth-order valence-corrected chi connectivity index (χ4v) is 5.09. The van der Waals surface area contributed by atoms with Crippen LogP contribution in [0.2, 0.25) is 0 Å². The summed E-state index contributed by atoms with van der Waals surface area (Å²) in [4.78, 5) is 25.4. The Morgan fingerprint density at radius 1 is 1.06 bits per heavy atom. The Kier molecular flexibility index (Phi) is 7.07.